The van der Waals surface area contributed by atoms with E-state index in [1.165, 1.54) is 23.7 Å². The fourth-order valence-corrected chi connectivity index (χ4v) is 5.88. The molecule has 9 nitrogen and oxygen atoms in total. The zero-order valence-corrected chi connectivity index (χ0v) is 19.3. The van der Waals surface area contributed by atoms with Crippen LogP contribution < -0.4 is 15.2 Å². The minimum atomic E-state index is -3.40. The molecule has 1 aliphatic rings. The Morgan fingerprint density at radius 2 is 2.21 bits per heavy atom. The molecule has 0 bridgehead atoms. The summed E-state index contributed by atoms with van der Waals surface area (Å²) in [7, 11) is -3.40. The van der Waals surface area contributed by atoms with E-state index in [-0.39, 0.29) is 18.1 Å². The first-order valence-corrected chi connectivity index (χ1v) is 12.5. The molecule has 0 amide bonds. The molecule has 3 heterocycles. The zero-order valence-electron chi connectivity index (χ0n) is 15.6. The van der Waals surface area contributed by atoms with E-state index in [9.17, 15) is 8.42 Å². The first kappa shape index (κ1) is 20.6. The SMILES string of the molecule is CCNS(=O)(=O)CCn1c(Sc2cc3c(cc2I)CCO3)nc2c(N)ncnc21. The highest BCUT2D eigenvalue weighted by molar-refractivity contribution is 14.1. The van der Waals surface area contributed by atoms with Crippen molar-refractivity contribution in [3.8, 4) is 5.75 Å². The molecule has 0 spiro atoms. The van der Waals surface area contributed by atoms with Crippen LogP contribution >= 0.6 is 34.4 Å². The molecular formula is C17H19IN6O3S2. The number of hydrogen-bond donors (Lipinski definition) is 2. The van der Waals surface area contributed by atoms with Crippen molar-refractivity contribution in [1.82, 2.24) is 24.2 Å². The number of anilines is 1. The van der Waals surface area contributed by atoms with Crippen molar-refractivity contribution in [3.05, 3.63) is 27.6 Å². The number of aromatic nitrogens is 4. The van der Waals surface area contributed by atoms with Crippen molar-refractivity contribution in [1.29, 1.82) is 0 Å². The predicted molar refractivity (Wildman–Crippen MR) is 120 cm³/mol. The highest BCUT2D eigenvalue weighted by Gasteiger charge is 2.21. The normalized spacial score (nSPS) is 13.6. The standard InChI is InChI=1S/C17H19IN6O3S2/c1-2-22-29(25,26)6-4-24-16-14(15(19)20-9-21-16)23-17(24)28-13-8-12-10(3-5-27-12)7-11(13)18/h7-9,22H,2-6H2,1H3,(H2,19,20,21). The Balaban J connectivity index is 1.73. The molecule has 1 aliphatic heterocycles. The quantitative estimate of drug-likeness (QED) is 0.432. The predicted octanol–water partition coefficient (Wildman–Crippen LogP) is 2.04. The van der Waals surface area contributed by atoms with E-state index >= 15 is 0 Å². The average molecular weight is 546 g/mol. The van der Waals surface area contributed by atoms with Crippen molar-refractivity contribution < 1.29 is 13.2 Å². The van der Waals surface area contributed by atoms with Crippen molar-refractivity contribution >= 4 is 61.4 Å². The Hall–Kier alpha value is -1.64. The second-order valence-corrected chi connectivity index (χ2v) is 10.5. The Kier molecular flexibility index (Phi) is 5.86. The van der Waals surface area contributed by atoms with Gasteiger partial charge in [-0.05, 0) is 40.3 Å². The van der Waals surface area contributed by atoms with Gasteiger partial charge in [0.05, 0.1) is 12.4 Å². The number of halogens is 1. The monoisotopic (exact) mass is 546 g/mol. The lowest BCUT2D eigenvalue weighted by Gasteiger charge is -2.11. The Bertz CT molecular complexity index is 1180. The average Bonchev–Trinajstić information content (AvgIpc) is 3.25. The van der Waals surface area contributed by atoms with E-state index in [1.807, 2.05) is 6.07 Å². The van der Waals surface area contributed by atoms with Gasteiger partial charge < -0.3 is 15.0 Å². The molecule has 12 heteroatoms. The summed E-state index contributed by atoms with van der Waals surface area (Å²) >= 11 is 3.72. The lowest BCUT2D eigenvalue weighted by Crippen LogP contribution is -2.28. The van der Waals surface area contributed by atoms with Crippen LogP contribution in [0.1, 0.15) is 12.5 Å². The summed E-state index contributed by atoms with van der Waals surface area (Å²) in [4.78, 5) is 13.9. The number of rotatable bonds is 7. The van der Waals surface area contributed by atoms with Crippen LogP contribution in [0.2, 0.25) is 0 Å². The van der Waals surface area contributed by atoms with Gasteiger partial charge in [0.1, 0.15) is 12.1 Å². The highest BCUT2D eigenvalue weighted by atomic mass is 127. The number of fused-ring (bicyclic) bond motifs is 2. The van der Waals surface area contributed by atoms with Crippen LogP contribution in [0.3, 0.4) is 0 Å². The molecule has 3 aromatic rings. The van der Waals surface area contributed by atoms with Gasteiger partial charge in [-0.3, -0.25) is 0 Å². The zero-order chi connectivity index (χ0) is 20.6. The number of imidazole rings is 1. The third-order valence-electron chi connectivity index (χ3n) is 4.42. The van der Waals surface area contributed by atoms with E-state index in [0.717, 1.165) is 20.6 Å². The molecule has 0 aliphatic carbocycles. The maximum atomic E-state index is 12.2. The molecule has 0 saturated carbocycles. The third-order valence-corrected chi connectivity index (χ3v) is 8.18. The highest BCUT2D eigenvalue weighted by Crippen LogP contribution is 2.38. The van der Waals surface area contributed by atoms with Crippen molar-refractivity contribution in [2.75, 3.05) is 24.6 Å². The molecule has 154 valence electrons. The Morgan fingerprint density at radius 3 is 3.00 bits per heavy atom. The minimum absolute atomic E-state index is 0.0891. The number of nitrogens with two attached hydrogens (primary N) is 1. The third kappa shape index (κ3) is 4.29. The Morgan fingerprint density at radius 1 is 1.38 bits per heavy atom. The number of aryl methyl sites for hydroxylation is 1. The lowest BCUT2D eigenvalue weighted by molar-refractivity contribution is 0.356. The molecule has 29 heavy (non-hydrogen) atoms. The van der Waals surface area contributed by atoms with Gasteiger partial charge in [0.25, 0.3) is 0 Å². The fourth-order valence-electron chi connectivity index (χ4n) is 3.07. The second kappa shape index (κ2) is 8.24. The summed E-state index contributed by atoms with van der Waals surface area (Å²) in [6.07, 6.45) is 2.26. The fraction of sp³-hybridized carbons (Fsp3) is 0.353. The first-order valence-electron chi connectivity index (χ1n) is 8.95. The maximum Gasteiger partial charge on any atom is 0.213 e. The molecule has 0 fully saturated rings. The van der Waals surface area contributed by atoms with Gasteiger partial charge >= 0.3 is 0 Å². The smallest absolute Gasteiger partial charge is 0.213 e. The molecule has 4 rings (SSSR count). The van der Waals surface area contributed by atoms with E-state index in [1.54, 1.807) is 11.5 Å². The van der Waals surface area contributed by atoms with Gasteiger partial charge in [-0.2, -0.15) is 0 Å². The number of benzene rings is 1. The maximum absolute atomic E-state index is 12.2. The summed E-state index contributed by atoms with van der Waals surface area (Å²) in [6, 6.07) is 4.12. The number of ether oxygens (including phenoxy) is 1. The molecule has 0 unspecified atom stereocenters. The molecule has 0 radical (unpaired) electrons. The summed E-state index contributed by atoms with van der Waals surface area (Å²) in [5, 5.41) is 0.606. The van der Waals surface area contributed by atoms with Gasteiger partial charge in [0.15, 0.2) is 22.1 Å². The van der Waals surface area contributed by atoms with Gasteiger partial charge in [-0.25, -0.2) is 28.1 Å². The second-order valence-electron chi connectivity index (χ2n) is 6.38. The van der Waals surface area contributed by atoms with Crippen LogP contribution in [0.4, 0.5) is 5.82 Å². The molecule has 2 aromatic heterocycles. The molecular weight excluding hydrogens is 527 g/mol. The van der Waals surface area contributed by atoms with Gasteiger partial charge in [0, 0.05) is 28.0 Å². The van der Waals surface area contributed by atoms with Crippen molar-refractivity contribution in [2.24, 2.45) is 0 Å². The number of nitrogens with zero attached hydrogens (tertiary/aromatic N) is 4. The Labute approximate surface area is 186 Å². The van der Waals surface area contributed by atoms with Crippen molar-refractivity contribution in [3.63, 3.8) is 0 Å². The number of sulfonamides is 1. The lowest BCUT2D eigenvalue weighted by atomic mass is 10.2. The van der Waals surface area contributed by atoms with Crippen LogP contribution in [-0.4, -0.2) is 46.8 Å². The largest absolute Gasteiger partial charge is 0.493 e. The summed E-state index contributed by atoms with van der Waals surface area (Å²) in [6.45, 7) is 2.98. The van der Waals surface area contributed by atoms with E-state index < -0.39 is 10.0 Å². The number of nitrogen functional groups attached to an aromatic ring is 1. The minimum Gasteiger partial charge on any atom is -0.493 e. The van der Waals surface area contributed by atoms with Crippen LogP contribution in [0, 0.1) is 3.57 Å². The molecule has 1 aromatic carbocycles. The van der Waals surface area contributed by atoms with Crippen LogP contribution in [0.25, 0.3) is 11.2 Å². The summed E-state index contributed by atoms with van der Waals surface area (Å²) < 4.78 is 35.4. The van der Waals surface area contributed by atoms with Crippen LogP contribution in [0.15, 0.2) is 28.5 Å². The molecule has 0 atom stereocenters. The van der Waals surface area contributed by atoms with Crippen molar-refractivity contribution in [2.45, 2.75) is 29.9 Å². The summed E-state index contributed by atoms with van der Waals surface area (Å²) in [5.74, 6) is 1.05. The van der Waals surface area contributed by atoms with Crippen LogP contribution in [0.5, 0.6) is 5.75 Å². The molecule has 3 N–H and O–H groups in total. The number of hydrogen-bond acceptors (Lipinski definition) is 8. The van der Waals surface area contributed by atoms with E-state index in [2.05, 4.69) is 48.3 Å². The van der Waals surface area contributed by atoms with Gasteiger partial charge in [-0.15, -0.1) is 0 Å². The van der Waals surface area contributed by atoms with Gasteiger partial charge in [-0.1, -0.05) is 18.7 Å². The molecule has 0 saturated heterocycles. The van der Waals surface area contributed by atoms with Crippen LogP contribution in [-0.2, 0) is 23.0 Å². The number of nitrogens with one attached hydrogen (secondary N) is 1. The first-order chi connectivity index (χ1) is 13.9. The summed E-state index contributed by atoms with van der Waals surface area (Å²) in [5.41, 5.74) is 8.14. The van der Waals surface area contributed by atoms with Gasteiger partial charge in [0.2, 0.25) is 10.0 Å². The van der Waals surface area contributed by atoms with E-state index in [4.69, 9.17) is 10.5 Å². The topological polar surface area (TPSA) is 125 Å². The van der Waals surface area contributed by atoms with E-state index in [0.29, 0.717) is 29.5 Å².